The lowest BCUT2D eigenvalue weighted by Gasteiger charge is -2.19. The Morgan fingerprint density at radius 1 is 1.09 bits per heavy atom. The van der Waals surface area contributed by atoms with Crippen molar-refractivity contribution in [3.8, 4) is 0 Å². The molecule has 0 aromatic heterocycles. The predicted octanol–water partition coefficient (Wildman–Crippen LogP) is 4.21. The van der Waals surface area contributed by atoms with Crippen molar-refractivity contribution in [1.82, 2.24) is 5.32 Å². The van der Waals surface area contributed by atoms with Crippen molar-refractivity contribution in [2.45, 2.75) is 20.3 Å². The van der Waals surface area contributed by atoms with Gasteiger partial charge >= 0.3 is 0 Å². The maximum Gasteiger partial charge on any atom is 0.252 e. The Kier molecular flexibility index (Phi) is 6.05. The van der Waals surface area contributed by atoms with E-state index in [1.165, 1.54) is 11.3 Å². The molecule has 23 heavy (non-hydrogen) atoms. The Bertz CT molecular complexity index is 668. The fourth-order valence-corrected chi connectivity index (χ4v) is 2.67. The molecule has 2 aromatic rings. The summed E-state index contributed by atoms with van der Waals surface area (Å²) < 4.78 is 0. The Morgan fingerprint density at radius 2 is 1.74 bits per heavy atom. The molecule has 0 aliphatic heterocycles. The molecule has 1 amide bonds. The van der Waals surface area contributed by atoms with Crippen molar-refractivity contribution in [2.24, 2.45) is 0 Å². The molecule has 0 aliphatic rings. The Hall–Kier alpha value is -2.00. The molecule has 2 aromatic carbocycles. The number of aryl methyl sites for hydroxylation is 2. The predicted molar refractivity (Wildman–Crippen MR) is 97.6 cm³/mol. The van der Waals surface area contributed by atoms with Crippen molar-refractivity contribution in [1.29, 1.82) is 0 Å². The molecule has 1 N–H and O–H groups in total. The number of carbonyl (C=O) groups excluding carboxylic acids is 1. The van der Waals surface area contributed by atoms with E-state index in [1.54, 1.807) is 6.07 Å². The van der Waals surface area contributed by atoms with Gasteiger partial charge in [-0.25, -0.2) is 0 Å². The van der Waals surface area contributed by atoms with E-state index in [9.17, 15) is 4.79 Å². The largest absolute Gasteiger partial charge is 0.375 e. The zero-order valence-electron chi connectivity index (χ0n) is 13.9. The highest BCUT2D eigenvalue weighted by molar-refractivity contribution is 6.33. The van der Waals surface area contributed by atoms with Gasteiger partial charge in [-0.1, -0.05) is 35.4 Å². The molecule has 0 atom stereocenters. The highest BCUT2D eigenvalue weighted by atomic mass is 35.5. The molecule has 2 rings (SSSR count). The first kappa shape index (κ1) is 17.4. The van der Waals surface area contributed by atoms with Crippen LogP contribution in [0.1, 0.15) is 27.9 Å². The molecule has 0 bridgehead atoms. The molecule has 0 aliphatic carbocycles. The lowest BCUT2D eigenvalue weighted by molar-refractivity contribution is 0.0953. The van der Waals surface area contributed by atoms with E-state index in [1.807, 2.05) is 19.1 Å². The van der Waals surface area contributed by atoms with Crippen LogP contribution in [0.2, 0.25) is 5.02 Å². The number of benzene rings is 2. The number of halogens is 1. The summed E-state index contributed by atoms with van der Waals surface area (Å²) in [4.78, 5) is 14.3. The quantitative estimate of drug-likeness (QED) is 0.804. The monoisotopic (exact) mass is 330 g/mol. The molecule has 0 saturated heterocycles. The summed E-state index contributed by atoms with van der Waals surface area (Å²) in [6.45, 7) is 5.54. The third-order valence-electron chi connectivity index (χ3n) is 3.80. The number of nitrogens with zero attached hydrogens (tertiary/aromatic N) is 1. The molecular weight excluding hydrogens is 308 g/mol. The normalized spacial score (nSPS) is 10.4. The second-order valence-electron chi connectivity index (χ2n) is 5.85. The number of hydrogen-bond donors (Lipinski definition) is 1. The van der Waals surface area contributed by atoms with Crippen molar-refractivity contribution in [3.63, 3.8) is 0 Å². The summed E-state index contributed by atoms with van der Waals surface area (Å²) in [5, 5.41) is 3.42. The Labute approximate surface area is 143 Å². The maximum atomic E-state index is 12.1. The van der Waals surface area contributed by atoms with E-state index in [0.717, 1.165) is 18.5 Å². The van der Waals surface area contributed by atoms with Gasteiger partial charge in [-0.15, -0.1) is 0 Å². The number of anilines is 1. The van der Waals surface area contributed by atoms with Crippen LogP contribution < -0.4 is 10.2 Å². The number of carbonyl (C=O) groups is 1. The summed E-state index contributed by atoms with van der Waals surface area (Å²) >= 11 is 6.11. The molecule has 0 fully saturated rings. The van der Waals surface area contributed by atoms with Crippen LogP contribution in [0.15, 0.2) is 42.5 Å². The van der Waals surface area contributed by atoms with E-state index < -0.39 is 0 Å². The first-order valence-corrected chi connectivity index (χ1v) is 8.17. The second-order valence-corrected chi connectivity index (χ2v) is 6.26. The number of hydrogen-bond acceptors (Lipinski definition) is 2. The summed E-state index contributed by atoms with van der Waals surface area (Å²) in [7, 11) is 2.06. The van der Waals surface area contributed by atoms with Gasteiger partial charge in [-0.05, 0) is 50.1 Å². The smallest absolute Gasteiger partial charge is 0.252 e. The van der Waals surface area contributed by atoms with Gasteiger partial charge in [0.05, 0.1) is 10.6 Å². The summed E-state index contributed by atoms with van der Waals surface area (Å²) in [6.07, 6.45) is 0.875. The van der Waals surface area contributed by atoms with Crippen molar-refractivity contribution in [2.75, 3.05) is 25.0 Å². The number of amides is 1. The van der Waals surface area contributed by atoms with E-state index in [2.05, 4.69) is 48.5 Å². The van der Waals surface area contributed by atoms with Gasteiger partial charge < -0.3 is 10.2 Å². The zero-order valence-corrected chi connectivity index (χ0v) is 14.7. The molecule has 0 unspecified atom stereocenters. The number of nitrogens with one attached hydrogen (secondary N) is 1. The van der Waals surface area contributed by atoms with E-state index in [-0.39, 0.29) is 5.91 Å². The SMILES string of the molecule is Cc1ccc(N(C)CCCNC(=O)c2ccc(C)cc2Cl)cc1. The van der Waals surface area contributed by atoms with Gasteiger partial charge in [0.15, 0.2) is 0 Å². The standard InChI is InChI=1S/C19H23ClN2O/c1-14-5-8-16(9-6-14)22(3)12-4-11-21-19(23)17-10-7-15(2)13-18(17)20/h5-10,13H,4,11-12H2,1-3H3,(H,21,23). The number of rotatable bonds is 6. The van der Waals surface area contributed by atoms with Crippen molar-refractivity contribution < 1.29 is 4.79 Å². The fourth-order valence-electron chi connectivity index (χ4n) is 2.35. The Morgan fingerprint density at radius 3 is 2.39 bits per heavy atom. The first-order chi connectivity index (χ1) is 11.0. The first-order valence-electron chi connectivity index (χ1n) is 7.79. The fraction of sp³-hybridized carbons (Fsp3) is 0.316. The highest BCUT2D eigenvalue weighted by Gasteiger charge is 2.09. The van der Waals surface area contributed by atoms with Gasteiger partial charge in [-0.3, -0.25) is 4.79 Å². The molecule has 0 radical (unpaired) electrons. The van der Waals surface area contributed by atoms with E-state index in [0.29, 0.717) is 17.1 Å². The van der Waals surface area contributed by atoms with Crippen LogP contribution in [0.5, 0.6) is 0 Å². The molecule has 4 heteroatoms. The molecule has 122 valence electrons. The van der Waals surface area contributed by atoms with E-state index in [4.69, 9.17) is 11.6 Å². The minimum absolute atomic E-state index is 0.118. The molecule has 3 nitrogen and oxygen atoms in total. The van der Waals surface area contributed by atoms with Gasteiger partial charge in [0.1, 0.15) is 0 Å². The van der Waals surface area contributed by atoms with Crippen LogP contribution in [-0.2, 0) is 0 Å². The highest BCUT2D eigenvalue weighted by Crippen LogP contribution is 2.17. The molecule has 0 heterocycles. The minimum Gasteiger partial charge on any atom is -0.375 e. The lowest BCUT2D eigenvalue weighted by atomic mass is 10.1. The van der Waals surface area contributed by atoms with Crippen LogP contribution in [-0.4, -0.2) is 26.0 Å². The lowest BCUT2D eigenvalue weighted by Crippen LogP contribution is -2.28. The van der Waals surface area contributed by atoms with Crippen molar-refractivity contribution in [3.05, 3.63) is 64.2 Å². The molecule has 0 spiro atoms. The van der Waals surface area contributed by atoms with E-state index >= 15 is 0 Å². The van der Waals surface area contributed by atoms with Crippen molar-refractivity contribution >= 4 is 23.2 Å². The van der Waals surface area contributed by atoms with Crippen LogP contribution in [0, 0.1) is 13.8 Å². The van der Waals surface area contributed by atoms with Crippen LogP contribution in [0.4, 0.5) is 5.69 Å². The third-order valence-corrected chi connectivity index (χ3v) is 4.11. The average molecular weight is 331 g/mol. The van der Waals surface area contributed by atoms with Gasteiger partial charge in [0, 0.05) is 25.8 Å². The second kappa shape index (κ2) is 8.02. The van der Waals surface area contributed by atoms with Gasteiger partial charge in [0.25, 0.3) is 5.91 Å². The Balaban J connectivity index is 1.78. The van der Waals surface area contributed by atoms with Gasteiger partial charge in [0.2, 0.25) is 0 Å². The maximum absolute atomic E-state index is 12.1. The molecular formula is C19H23ClN2O. The summed E-state index contributed by atoms with van der Waals surface area (Å²) in [5.41, 5.74) is 4.02. The topological polar surface area (TPSA) is 32.3 Å². The third kappa shape index (κ3) is 5.00. The van der Waals surface area contributed by atoms with Crippen LogP contribution in [0.3, 0.4) is 0 Å². The van der Waals surface area contributed by atoms with Gasteiger partial charge in [-0.2, -0.15) is 0 Å². The van der Waals surface area contributed by atoms with Crippen LogP contribution in [0.25, 0.3) is 0 Å². The molecule has 0 saturated carbocycles. The minimum atomic E-state index is -0.118. The summed E-state index contributed by atoms with van der Waals surface area (Å²) in [5.74, 6) is -0.118. The zero-order chi connectivity index (χ0) is 16.8. The average Bonchev–Trinajstić information content (AvgIpc) is 2.51. The van der Waals surface area contributed by atoms with Crippen LogP contribution >= 0.6 is 11.6 Å². The summed E-state index contributed by atoms with van der Waals surface area (Å²) in [6, 6.07) is 13.9.